The van der Waals surface area contributed by atoms with Crippen molar-refractivity contribution < 1.29 is 24.5 Å². The van der Waals surface area contributed by atoms with Crippen molar-refractivity contribution in [2.24, 2.45) is 0 Å². The van der Waals surface area contributed by atoms with Crippen LogP contribution < -0.4 is 5.32 Å². The van der Waals surface area contributed by atoms with Crippen LogP contribution in [0.4, 0.5) is 0 Å². The van der Waals surface area contributed by atoms with Crippen LogP contribution in [0, 0.1) is 0 Å². The molecule has 3 unspecified atom stereocenters. The Morgan fingerprint density at radius 2 is 1.08 bits per heavy atom. The lowest BCUT2D eigenvalue weighted by atomic mass is 10.0. The molecule has 1 amide bonds. The second-order valence-corrected chi connectivity index (χ2v) is 13.5. The molecule has 0 rings (SSSR count). The van der Waals surface area contributed by atoms with Gasteiger partial charge in [-0.3, -0.25) is 9.59 Å². The number of hydrogen-bond acceptors (Lipinski definition) is 5. The molecule has 52 heavy (non-hydrogen) atoms. The fourth-order valence-electron chi connectivity index (χ4n) is 5.51. The first kappa shape index (κ1) is 48.8. The lowest BCUT2D eigenvalue weighted by Gasteiger charge is -2.24. The number of unbranched alkanes of at least 4 members (excludes halogenated alkanes) is 13. The van der Waals surface area contributed by atoms with E-state index in [9.17, 15) is 19.8 Å². The second kappa shape index (κ2) is 39.0. The van der Waals surface area contributed by atoms with Crippen LogP contribution in [0.15, 0.2) is 97.2 Å². The third kappa shape index (κ3) is 33.9. The van der Waals surface area contributed by atoms with Gasteiger partial charge in [0.25, 0.3) is 0 Å². The molecule has 294 valence electrons. The molecule has 0 aliphatic heterocycles. The predicted molar refractivity (Wildman–Crippen MR) is 222 cm³/mol. The highest BCUT2D eigenvalue weighted by atomic mass is 16.5. The normalized spacial score (nSPS) is 14.5. The van der Waals surface area contributed by atoms with Crippen LogP contribution >= 0.6 is 0 Å². The molecule has 0 spiro atoms. The van der Waals surface area contributed by atoms with Gasteiger partial charge in [-0.25, -0.2) is 0 Å². The van der Waals surface area contributed by atoms with Gasteiger partial charge in [0.15, 0.2) is 0 Å². The largest absolute Gasteiger partial charge is 0.461 e. The molecule has 6 nitrogen and oxygen atoms in total. The lowest BCUT2D eigenvalue weighted by Crippen LogP contribution is -2.46. The van der Waals surface area contributed by atoms with E-state index in [1.54, 1.807) is 0 Å². The molecule has 0 aromatic rings. The Balaban J connectivity index is 4.84. The van der Waals surface area contributed by atoms with Gasteiger partial charge in [0.1, 0.15) is 6.10 Å². The maximum atomic E-state index is 13.0. The van der Waals surface area contributed by atoms with E-state index in [2.05, 4.69) is 62.5 Å². The molecule has 0 aliphatic rings. The van der Waals surface area contributed by atoms with E-state index < -0.39 is 18.2 Å². The van der Waals surface area contributed by atoms with E-state index in [4.69, 9.17) is 4.74 Å². The number of aliphatic hydroxyl groups is 2. The molecular formula is C46H75NO5. The number of allylic oxidation sites excluding steroid dienone is 15. The van der Waals surface area contributed by atoms with Gasteiger partial charge in [-0.2, -0.15) is 0 Å². The summed E-state index contributed by atoms with van der Waals surface area (Å²) in [5.41, 5.74) is 0. The maximum Gasteiger partial charge on any atom is 0.306 e. The standard InChI is InChI=1S/C46H75NO5/c1-4-7-10-13-16-19-21-22-24-27-30-33-36-39-46(51)52-42(37-34-31-28-26-23-20-17-14-11-8-5-2)40-45(50)47-43(41-48)44(49)38-35-32-29-25-18-15-12-9-6-3/h7-8,10-11,13-14,16-17,19-21,23,26,28,31,34,42-44,48-49H,4-6,9,12,15,18,22,24-25,27,29-30,32-33,35-41H2,1-3H3,(H,47,50)/b10-7+,11-8+,16-13+,17-14+,21-19-,23-20-,28-26-,34-31+. The average molecular weight is 722 g/mol. The smallest absolute Gasteiger partial charge is 0.306 e. The summed E-state index contributed by atoms with van der Waals surface area (Å²) in [5, 5.41) is 23.4. The molecule has 0 saturated carbocycles. The van der Waals surface area contributed by atoms with Crippen LogP contribution in [0.25, 0.3) is 0 Å². The first-order valence-corrected chi connectivity index (χ1v) is 20.6. The van der Waals surface area contributed by atoms with Gasteiger partial charge in [0, 0.05) is 12.8 Å². The van der Waals surface area contributed by atoms with Gasteiger partial charge in [0.2, 0.25) is 5.91 Å². The minimum Gasteiger partial charge on any atom is -0.461 e. The molecule has 0 aromatic heterocycles. The highest BCUT2D eigenvalue weighted by Crippen LogP contribution is 2.15. The molecule has 0 aromatic carbocycles. The van der Waals surface area contributed by atoms with Crippen molar-refractivity contribution in [2.45, 2.75) is 174 Å². The number of aliphatic hydroxyl groups excluding tert-OH is 2. The fourth-order valence-corrected chi connectivity index (χ4v) is 5.51. The van der Waals surface area contributed by atoms with Crippen LogP contribution in [0.3, 0.4) is 0 Å². The number of nitrogens with one attached hydrogen (secondary N) is 1. The molecule has 6 heteroatoms. The monoisotopic (exact) mass is 722 g/mol. The second-order valence-electron chi connectivity index (χ2n) is 13.5. The van der Waals surface area contributed by atoms with Crippen molar-refractivity contribution >= 4 is 11.9 Å². The van der Waals surface area contributed by atoms with Crippen molar-refractivity contribution in [2.75, 3.05) is 6.61 Å². The van der Waals surface area contributed by atoms with Gasteiger partial charge in [-0.15, -0.1) is 0 Å². The Morgan fingerprint density at radius 1 is 0.596 bits per heavy atom. The van der Waals surface area contributed by atoms with Crippen LogP contribution in [0.2, 0.25) is 0 Å². The zero-order valence-corrected chi connectivity index (χ0v) is 33.1. The Labute approximate surface area is 318 Å². The first-order valence-electron chi connectivity index (χ1n) is 20.6. The Kier molecular flexibility index (Phi) is 36.6. The summed E-state index contributed by atoms with van der Waals surface area (Å²) in [7, 11) is 0. The van der Waals surface area contributed by atoms with Gasteiger partial charge in [-0.1, -0.05) is 195 Å². The summed E-state index contributed by atoms with van der Waals surface area (Å²) in [5.74, 6) is -0.648. The molecule has 0 fully saturated rings. The van der Waals surface area contributed by atoms with E-state index in [0.717, 1.165) is 70.6 Å². The third-order valence-electron chi connectivity index (χ3n) is 8.60. The summed E-state index contributed by atoms with van der Waals surface area (Å²) in [6.45, 7) is 6.10. The minimum absolute atomic E-state index is 0.0331. The Morgan fingerprint density at radius 3 is 1.63 bits per heavy atom. The van der Waals surface area contributed by atoms with E-state index in [-0.39, 0.29) is 24.9 Å². The highest BCUT2D eigenvalue weighted by Gasteiger charge is 2.23. The van der Waals surface area contributed by atoms with Crippen molar-refractivity contribution in [3.05, 3.63) is 97.2 Å². The van der Waals surface area contributed by atoms with E-state index in [1.165, 1.54) is 38.5 Å². The topological polar surface area (TPSA) is 95.9 Å². The lowest BCUT2D eigenvalue weighted by molar-refractivity contribution is -0.150. The number of hydrogen-bond donors (Lipinski definition) is 3. The summed E-state index contributed by atoms with van der Waals surface area (Å²) in [6.07, 6.45) is 50.6. The maximum absolute atomic E-state index is 13.0. The molecule has 0 bridgehead atoms. The summed E-state index contributed by atoms with van der Waals surface area (Å²) < 4.78 is 5.78. The van der Waals surface area contributed by atoms with Crippen molar-refractivity contribution in [1.29, 1.82) is 0 Å². The number of carbonyl (C=O) groups is 2. The number of carbonyl (C=O) groups excluding carboxylic acids is 2. The third-order valence-corrected chi connectivity index (χ3v) is 8.60. The molecule has 3 N–H and O–H groups in total. The fraction of sp³-hybridized carbons (Fsp3) is 0.609. The number of amides is 1. The Hall–Kier alpha value is -3.22. The van der Waals surface area contributed by atoms with Gasteiger partial charge in [0.05, 0.1) is 25.2 Å². The molecular weight excluding hydrogens is 647 g/mol. The van der Waals surface area contributed by atoms with Gasteiger partial charge >= 0.3 is 5.97 Å². The minimum atomic E-state index is -0.823. The Bertz CT molecular complexity index is 1080. The van der Waals surface area contributed by atoms with Crippen LogP contribution in [0.5, 0.6) is 0 Å². The summed E-state index contributed by atoms with van der Waals surface area (Å²) in [4.78, 5) is 25.8. The summed E-state index contributed by atoms with van der Waals surface area (Å²) in [6, 6.07) is -0.746. The van der Waals surface area contributed by atoms with Crippen molar-refractivity contribution in [3.63, 3.8) is 0 Å². The van der Waals surface area contributed by atoms with Crippen molar-refractivity contribution in [1.82, 2.24) is 5.32 Å². The molecule has 0 heterocycles. The molecule has 3 atom stereocenters. The SMILES string of the molecule is CC/C=C/C=C/C=C\C=C/C=C/CC(CC(=O)NC(CO)C(O)CCCCCCCCCCC)OC(=O)CCCCCCC\C=C/C=C/C=C/CC. The molecule has 0 radical (unpaired) electrons. The average Bonchev–Trinajstić information content (AvgIpc) is 3.13. The quantitative estimate of drug-likeness (QED) is 0.0349. The van der Waals surface area contributed by atoms with Crippen molar-refractivity contribution in [3.8, 4) is 0 Å². The molecule has 0 saturated heterocycles. The van der Waals surface area contributed by atoms with Crippen LogP contribution in [-0.4, -0.2) is 46.9 Å². The number of esters is 1. The zero-order chi connectivity index (χ0) is 38.2. The predicted octanol–water partition coefficient (Wildman–Crippen LogP) is 11.4. The number of ether oxygens (including phenoxy) is 1. The van der Waals surface area contributed by atoms with Crippen LogP contribution in [0.1, 0.15) is 156 Å². The van der Waals surface area contributed by atoms with Gasteiger partial charge in [-0.05, 0) is 38.5 Å². The van der Waals surface area contributed by atoms with E-state index >= 15 is 0 Å². The molecule has 0 aliphatic carbocycles. The zero-order valence-electron chi connectivity index (χ0n) is 33.1. The highest BCUT2D eigenvalue weighted by molar-refractivity contribution is 5.77. The van der Waals surface area contributed by atoms with E-state index in [0.29, 0.717) is 19.3 Å². The van der Waals surface area contributed by atoms with Crippen LogP contribution in [-0.2, 0) is 14.3 Å². The van der Waals surface area contributed by atoms with E-state index in [1.807, 2.05) is 60.8 Å². The van der Waals surface area contributed by atoms with Gasteiger partial charge < -0.3 is 20.3 Å². The number of rotatable bonds is 34. The summed E-state index contributed by atoms with van der Waals surface area (Å²) >= 11 is 0. The first-order chi connectivity index (χ1) is 25.5.